The summed E-state index contributed by atoms with van der Waals surface area (Å²) in [6.07, 6.45) is 0. The molecule has 2 amide bonds. The van der Waals surface area contributed by atoms with Gasteiger partial charge in [0.2, 0.25) is 11.0 Å². The second-order valence-corrected chi connectivity index (χ2v) is 8.96. The maximum atomic E-state index is 13.8. The highest BCUT2D eigenvalue weighted by Gasteiger charge is 2.20. The van der Waals surface area contributed by atoms with E-state index in [-0.39, 0.29) is 23.1 Å². The van der Waals surface area contributed by atoms with Crippen molar-refractivity contribution in [3.05, 3.63) is 46.5 Å². The number of hydrogen-bond acceptors (Lipinski definition) is 8. The third kappa shape index (κ3) is 5.64. The molecule has 0 unspecified atom stereocenters. The number of rotatable bonds is 8. The number of thioether (sulfide) groups is 1. The fourth-order valence-corrected chi connectivity index (χ4v) is 4.10. The SMILES string of the molecule is CC(C)c1nnc(NC(=O)CSc2nnc([C@@H](C)NC(=O)c3ccccc3F)n2C)s1. The normalized spacial score (nSPS) is 12.1. The summed E-state index contributed by atoms with van der Waals surface area (Å²) in [6.45, 7) is 5.74. The van der Waals surface area contributed by atoms with Gasteiger partial charge in [0.05, 0.1) is 17.4 Å². The number of nitrogens with zero attached hydrogens (tertiary/aromatic N) is 5. The quantitative estimate of drug-likeness (QED) is 0.493. The Balaban J connectivity index is 1.57. The lowest BCUT2D eigenvalue weighted by molar-refractivity contribution is -0.113. The fraction of sp³-hybridized carbons (Fsp3) is 0.368. The van der Waals surface area contributed by atoms with Gasteiger partial charge in [-0.2, -0.15) is 0 Å². The molecule has 31 heavy (non-hydrogen) atoms. The van der Waals surface area contributed by atoms with E-state index in [1.54, 1.807) is 24.6 Å². The van der Waals surface area contributed by atoms with Crippen LogP contribution in [-0.2, 0) is 11.8 Å². The van der Waals surface area contributed by atoms with Crippen LogP contribution in [0.25, 0.3) is 0 Å². The van der Waals surface area contributed by atoms with E-state index in [0.29, 0.717) is 16.1 Å². The highest BCUT2D eigenvalue weighted by atomic mass is 32.2. The number of hydrogen-bond donors (Lipinski definition) is 2. The van der Waals surface area contributed by atoms with E-state index in [4.69, 9.17) is 0 Å². The summed E-state index contributed by atoms with van der Waals surface area (Å²) in [5, 5.41) is 23.4. The van der Waals surface area contributed by atoms with Crippen molar-refractivity contribution >= 4 is 40.0 Å². The predicted octanol–water partition coefficient (Wildman–Crippen LogP) is 3.15. The third-order valence-electron chi connectivity index (χ3n) is 4.24. The van der Waals surface area contributed by atoms with Crippen molar-refractivity contribution in [2.75, 3.05) is 11.1 Å². The van der Waals surface area contributed by atoms with Gasteiger partial charge in [0.1, 0.15) is 10.8 Å². The Kier molecular flexibility index (Phi) is 7.33. The molecule has 0 saturated carbocycles. The topological polar surface area (TPSA) is 115 Å². The van der Waals surface area contributed by atoms with Crippen LogP contribution < -0.4 is 10.6 Å². The van der Waals surface area contributed by atoms with E-state index in [2.05, 4.69) is 31.0 Å². The highest BCUT2D eigenvalue weighted by Crippen LogP contribution is 2.23. The van der Waals surface area contributed by atoms with Crippen molar-refractivity contribution < 1.29 is 14.0 Å². The van der Waals surface area contributed by atoms with Gasteiger partial charge in [-0.05, 0) is 19.1 Å². The minimum Gasteiger partial charge on any atom is -0.342 e. The molecule has 2 heterocycles. The van der Waals surface area contributed by atoms with Gasteiger partial charge >= 0.3 is 0 Å². The summed E-state index contributed by atoms with van der Waals surface area (Å²) in [5.41, 5.74) is -0.0416. The Labute approximate surface area is 186 Å². The number of halogens is 1. The predicted molar refractivity (Wildman–Crippen MR) is 117 cm³/mol. The zero-order chi connectivity index (χ0) is 22.5. The van der Waals surface area contributed by atoms with Gasteiger partial charge in [0.25, 0.3) is 5.91 Å². The molecule has 9 nitrogen and oxygen atoms in total. The van der Waals surface area contributed by atoms with Crippen molar-refractivity contribution in [1.82, 2.24) is 30.3 Å². The molecule has 12 heteroatoms. The minimum absolute atomic E-state index is 0.0416. The van der Waals surface area contributed by atoms with Crippen LogP contribution in [0.4, 0.5) is 9.52 Å². The van der Waals surface area contributed by atoms with Crippen LogP contribution in [0.1, 0.15) is 53.9 Å². The highest BCUT2D eigenvalue weighted by molar-refractivity contribution is 7.99. The van der Waals surface area contributed by atoms with Crippen molar-refractivity contribution in [3.8, 4) is 0 Å². The second-order valence-electron chi connectivity index (χ2n) is 7.01. The zero-order valence-electron chi connectivity index (χ0n) is 17.4. The average Bonchev–Trinajstić information content (AvgIpc) is 3.33. The Morgan fingerprint density at radius 1 is 1.16 bits per heavy atom. The van der Waals surface area contributed by atoms with Gasteiger partial charge in [-0.1, -0.05) is 49.1 Å². The van der Waals surface area contributed by atoms with Crippen LogP contribution in [0, 0.1) is 5.82 Å². The lowest BCUT2D eigenvalue weighted by atomic mass is 10.2. The van der Waals surface area contributed by atoms with Crippen molar-refractivity contribution in [2.45, 2.75) is 37.9 Å². The van der Waals surface area contributed by atoms with Gasteiger partial charge in [0.15, 0.2) is 11.0 Å². The second kappa shape index (κ2) is 9.96. The molecule has 0 aliphatic carbocycles. The van der Waals surface area contributed by atoms with E-state index >= 15 is 0 Å². The van der Waals surface area contributed by atoms with Crippen molar-refractivity contribution in [1.29, 1.82) is 0 Å². The summed E-state index contributed by atoms with van der Waals surface area (Å²) >= 11 is 2.55. The molecule has 0 saturated heterocycles. The first-order chi connectivity index (χ1) is 14.8. The number of amides is 2. The molecule has 0 bridgehead atoms. The molecule has 3 aromatic rings. The lowest BCUT2D eigenvalue weighted by Gasteiger charge is -2.14. The van der Waals surface area contributed by atoms with Crippen LogP contribution in [0.15, 0.2) is 29.4 Å². The molecule has 164 valence electrons. The summed E-state index contributed by atoms with van der Waals surface area (Å²) in [7, 11) is 1.74. The van der Waals surface area contributed by atoms with Gasteiger partial charge in [0, 0.05) is 13.0 Å². The van der Waals surface area contributed by atoms with Crippen molar-refractivity contribution in [3.63, 3.8) is 0 Å². The lowest BCUT2D eigenvalue weighted by Crippen LogP contribution is -2.29. The molecule has 0 aliphatic rings. The Morgan fingerprint density at radius 3 is 2.58 bits per heavy atom. The zero-order valence-corrected chi connectivity index (χ0v) is 19.1. The number of benzene rings is 1. The maximum Gasteiger partial charge on any atom is 0.254 e. The standard InChI is InChI=1S/C19H22FN7O2S2/c1-10(2)17-24-25-18(31-17)22-14(28)9-30-19-26-23-15(27(19)4)11(3)21-16(29)12-7-5-6-8-13(12)20/h5-8,10-11H,9H2,1-4H3,(H,21,29)(H,22,25,28)/t11-/m1/s1. The monoisotopic (exact) mass is 463 g/mol. The van der Waals surface area contributed by atoms with E-state index < -0.39 is 17.8 Å². The summed E-state index contributed by atoms with van der Waals surface area (Å²) < 4.78 is 15.5. The largest absolute Gasteiger partial charge is 0.342 e. The van der Waals surface area contributed by atoms with Gasteiger partial charge < -0.3 is 9.88 Å². The first kappa shape index (κ1) is 22.8. The first-order valence-electron chi connectivity index (χ1n) is 9.47. The van der Waals surface area contributed by atoms with E-state index in [9.17, 15) is 14.0 Å². The molecule has 0 radical (unpaired) electrons. The Bertz CT molecular complexity index is 1080. The fourth-order valence-electron chi connectivity index (χ4n) is 2.62. The first-order valence-corrected chi connectivity index (χ1v) is 11.3. The molecule has 3 rings (SSSR count). The van der Waals surface area contributed by atoms with E-state index in [1.807, 2.05) is 13.8 Å². The van der Waals surface area contributed by atoms with Gasteiger partial charge in [-0.15, -0.1) is 20.4 Å². The summed E-state index contributed by atoms with van der Waals surface area (Å²) in [5.74, 6) is -0.530. The summed E-state index contributed by atoms with van der Waals surface area (Å²) in [6, 6.07) is 5.24. The van der Waals surface area contributed by atoms with E-state index in [0.717, 1.165) is 5.01 Å². The van der Waals surface area contributed by atoms with Crippen molar-refractivity contribution in [2.24, 2.45) is 7.05 Å². The van der Waals surface area contributed by atoms with E-state index in [1.165, 1.54) is 41.3 Å². The minimum atomic E-state index is -0.594. The molecule has 1 atom stereocenters. The van der Waals surface area contributed by atoms with Gasteiger partial charge in [-0.25, -0.2) is 4.39 Å². The molecule has 0 aliphatic heterocycles. The van der Waals surface area contributed by atoms with Crippen LogP contribution in [-0.4, -0.2) is 42.5 Å². The molecule has 2 aromatic heterocycles. The Hall–Kier alpha value is -2.86. The van der Waals surface area contributed by atoms with Crippen LogP contribution in [0.3, 0.4) is 0 Å². The molecular formula is C19H22FN7O2S2. The number of nitrogens with one attached hydrogen (secondary N) is 2. The van der Waals surface area contributed by atoms with Crippen LogP contribution in [0.5, 0.6) is 0 Å². The Morgan fingerprint density at radius 2 is 1.90 bits per heavy atom. The molecular weight excluding hydrogens is 441 g/mol. The number of carbonyl (C=O) groups is 2. The molecule has 2 N–H and O–H groups in total. The summed E-state index contributed by atoms with van der Waals surface area (Å²) in [4.78, 5) is 24.5. The molecule has 0 spiro atoms. The van der Waals surface area contributed by atoms with Crippen LogP contribution in [0.2, 0.25) is 0 Å². The molecule has 1 aromatic carbocycles. The third-order valence-corrected chi connectivity index (χ3v) is 6.39. The smallest absolute Gasteiger partial charge is 0.254 e. The van der Waals surface area contributed by atoms with Crippen LogP contribution >= 0.6 is 23.1 Å². The molecule has 0 fully saturated rings. The number of carbonyl (C=O) groups excluding carboxylic acids is 2. The number of aromatic nitrogens is 5. The number of anilines is 1. The average molecular weight is 464 g/mol. The maximum absolute atomic E-state index is 13.8. The van der Waals surface area contributed by atoms with Gasteiger partial charge in [-0.3, -0.25) is 14.9 Å².